The van der Waals surface area contributed by atoms with Crippen molar-refractivity contribution in [2.24, 2.45) is 0 Å². The molecule has 0 fully saturated rings. The van der Waals surface area contributed by atoms with Gasteiger partial charge >= 0.3 is 5.97 Å². The number of aliphatic hydroxyl groups is 2. The third-order valence-corrected chi connectivity index (χ3v) is 8.21. The van der Waals surface area contributed by atoms with Crippen LogP contribution in [0.2, 0.25) is 10.0 Å². The van der Waals surface area contributed by atoms with Crippen molar-refractivity contribution in [3.63, 3.8) is 0 Å². The zero-order valence-corrected chi connectivity index (χ0v) is 29.0. The molecule has 8 nitrogen and oxygen atoms in total. The predicted molar refractivity (Wildman–Crippen MR) is 195 cm³/mol. The maximum Gasteiger partial charge on any atom is 0.328 e. The number of ether oxygens (including phenoxy) is 2. The Bertz CT molecular complexity index is 1510. The van der Waals surface area contributed by atoms with Crippen LogP contribution in [0.5, 0.6) is 5.75 Å². The van der Waals surface area contributed by atoms with Crippen LogP contribution in [0.1, 0.15) is 59.6 Å². The fourth-order valence-corrected chi connectivity index (χ4v) is 5.37. The lowest BCUT2D eigenvalue weighted by atomic mass is 9.98. The molecule has 49 heavy (non-hydrogen) atoms. The maximum atomic E-state index is 10.9. The molecular formula is C39H45Cl2NO7. The summed E-state index contributed by atoms with van der Waals surface area (Å²) < 4.78 is 11.2. The van der Waals surface area contributed by atoms with Crippen LogP contribution in [0, 0.1) is 0 Å². The molecular weight excluding hydrogens is 665 g/mol. The number of benzene rings is 4. The summed E-state index contributed by atoms with van der Waals surface area (Å²) in [7, 11) is 0. The Balaban J connectivity index is 0.000000319. The Morgan fingerprint density at radius 2 is 1.39 bits per heavy atom. The van der Waals surface area contributed by atoms with Crippen LogP contribution in [0.15, 0.2) is 103 Å². The highest BCUT2D eigenvalue weighted by molar-refractivity contribution is 6.35. The molecule has 4 aromatic rings. The zero-order valence-electron chi connectivity index (χ0n) is 27.4. The van der Waals surface area contributed by atoms with Crippen LogP contribution < -0.4 is 5.32 Å². The van der Waals surface area contributed by atoms with E-state index in [0.717, 1.165) is 54.5 Å². The fourth-order valence-electron chi connectivity index (χ4n) is 4.86. The third kappa shape index (κ3) is 14.7. The second-order valence-electron chi connectivity index (χ2n) is 11.2. The summed E-state index contributed by atoms with van der Waals surface area (Å²) in [6, 6.07) is 29.2. The van der Waals surface area contributed by atoms with Crippen molar-refractivity contribution in [1.29, 1.82) is 0 Å². The third-order valence-electron chi connectivity index (χ3n) is 7.51. The van der Waals surface area contributed by atoms with Crippen molar-refractivity contribution in [2.75, 3.05) is 32.9 Å². The molecule has 0 heterocycles. The van der Waals surface area contributed by atoms with Crippen molar-refractivity contribution < 1.29 is 34.7 Å². The zero-order chi connectivity index (χ0) is 35.3. The van der Waals surface area contributed by atoms with E-state index < -0.39 is 12.1 Å². The second-order valence-corrected chi connectivity index (χ2v) is 12.0. The number of phenols is 1. The standard InChI is InChI=1S/C24H33Cl2NO5.C15H12O2/c25-21-6-5-7-22(26)20(21)17-32-13-12-31-11-4-2-1-3-10-27-15-24(30)18-8-9-23(29)19(14-18)16-28;16-15(17)11-14(12-7-3-1-4-8-12)13-9-5-2-6-10-13/h5-9,14,24,27-30H,1-4,10-13,15-17H2;1-11H,(H,16,17)/t24-;/m0./s1. The molecule has 0 aliphatic heterocycles. The smallest absolute Gasteiger partial charge is 0.328 e. The molecule has 0 unspecified atom stereocenters. The van der Waals surface area contributed by atoms with Gasteiger partial charge in [-0.1, -0.05) is 109 Å². The molecule has 0 aliphatic carbocycles. The Kier molecular flexibility index (Phi) is 18.5. The van der Waals surface area contributed by atoms with Gasteiger partial charge in [-0.15, -0.1) is 0 Å². The van der Waals surface area contributed by atoms with Gasteiger partial charge in [0.15, 0.2) is 0 Å². The highest BCUT2D eigenvalue weighted by Crippen LogP contribution is 2.25. The van der Waals surface area contributed by atoms with Gasteiger partial charge < -0.3 is 35.2 Å². The molecule has 1 atom stereocenters. The Morgan fingerprint density at radius 3 is 2.00 bits per heavy atom. The number of carboxylic acids is 1. The lowest BCUT2D eigenvalue weighted by molar-refractivity contribution is -0.131. The molecule has 0 aliphatic rings. The Morgan fingerprint density at radius 1 is 0.776 bits per heavy atom. The number of aromatic hydroxyl groups is 1. The van der Waals surface area contributed by atoms with E-state index in [1.807, 2.05) is 66.7 Å². The number of unbranched alkanes of at least 4 members (excludes halogenated alkanes) is 3. The van der Waals surface area contributed by atoms with Gasteiger partial charge in [0.25, 0.3) is 0 Å². The summed E-state index contributed by atoms with van der Waals surface area (Å²) in [6.45, 7) is 3.11. The van der Waals surface area contributed by atoms with Crippen LogP contribution in [0.4, 0.5) is 0 Å². The van der Waals surface area contributed by atoms with Gasteiger partial charge in [0.05, 0.1) is 32.5 Å². The number of hydrogen-bond acceptors (Lipinski definition) is 7. The van der Waals surface area contributed by atoms with Crippen molar-refractivity contribution in [1.82, 2.24) is 5.32 Å². The van der Waals surface area contributed by atoms with Gasteiger partial charge in [0.1, 0.15) is 5.75 Å². The van der Waals surface area contributed by atoms with E-state index in [4.69, 9.17) is 37.8 Å². The van der Waals surface area contributed by atoms with Gasteiger partial charge in [-0.2, -0.15) is 0 Å². The predicted octanol–water partition coefficient (Wildman–Crippen LogP) is 7.81. The minimum atomic E-state index is -0.937. The molecule has 5 N–H and O–H groups in total. The van der Waals surface area contributed by atoms with E-state index in [-0.39, 0.29) is 12.4 Å². The molecule has 0 spiro atoms. The van der Waals surface area contributed by atoms with Gasteiger partial charge in [-0.05, 0) is 65.9 Å². The summed E-state index contributed by atoms with van der Waals surface area (Å²) in [5.41, 5.74) is 4.42. The summed E-state index contributed by atoms with van der Waals surface area (Å²) >= 11 is 12.2. The van der Waals surface area contributed by atoms with E-state index in [2.05, 4.69) is 5.32 Å². The number of rotatable bonds is 19. The molecule has 0 amide bonds. The Hall–Kier alpha value is -3.73. The average Bonchev–Trinajstić information content (AvgIpc) is 3.11. The number of aliphatic carboxylic acids is 1. The molecule has 0 radical (unpaired) electrons. The number of carbonyl (C=O) groups is 1. The number of hydrogen-bond donors (Lipinski definition) is 5. The lowest BCUT2D eigenvalue weighted by Gasteiger charge is -2.14. The van der Waals surface area contributed by atoms with Crippen LogP contribution in [0.25, 0.3) is 5.57 Å². The van der Waals surface area contributed by atoms with Crippen molar-refractivity contribution >= 4 is 34.7 Å². The van der Waals surface area contributed by atoms with Gasteiger partial charge in [-0.3, -0.25) is 0 Å². The van der Waals surface area contributed by atoms with Crippen LogP contribution in [-0.4, -0.2) is 59.3 Å². The second kappa shape index (κ2) is 22.8. The number of aliphatic hydroxyl groups excluding tert-OH is 2. The first kappa shape index (κ1) is 39.7. The molecule has 0 saturated heterocycles. The fraction of sp³-hybridized carbons (Fsp3) is 0.308. The minimum absolute atomic E-state index is 0.0370. The van der Waals surface area contributed by atoms with E-state index in [0.29, 0.717) is 54.1 Å². The van der Waals surface area contributed by atoms with E-state index >= 15 is 0 Å². The molecule has 0 saturated carbocycles. The number of halogens is 2. The van der Waals surface area contributed by atoms with E-state index in [9.17, 15) is 20.1 Å². The first-order chi connectivity index (χ1) is 23.8. The van der Waals surface area contributed by atoms with Crippen molar-refractivity contribution in [3.8, 4) is 5.75 Å². The minimum Gasteiger partial charge on any atom is -0.508 e. The van der Waals surface area contributed by atoms with E-state index in [1.54, 1.807) is 24.3 Å². The molecule has 4 aromatic carbocycles. The van der Waals surface area contributed by atoms with Gasteiger partial charge in [0.2, 0.25) is 0 Å². The molecule has 10 heteroatoms. The first-order valence-corrected chi connectivity index (χ1v) is 17.0. The topological polar surface area (TPSA) is 128 Å². The average molecular weight is 711 g/mol. The van der Waals surface area contributed by atoms with Crippen molar-refractivity contribution in [3.05, 3.63) is 141 Å². The van der Waals surface area contributed by atoms with Gasteiger partial charge in [0, 0.05) is 40.4 Å². The summed E-state index contributed by atoms with van der Waals surface area (Å²) in [6.07, 6.45) is 4.75. The lowest BCUT2D eigenvalue weighted by Crippen LogP contribution is -2.22. The largest absolute Gasteiger partial charge is 0.508 e. The van der Waals surface area contributed by atoms with Crippen LogP contribution >= 0.6 is 23.2 Å². The normalized spacial score (nSPS) is 11.3. The quantitative estimate of drug-likeness (QED) is 0.0493. The highest BCUT2D eigenvalue weighted by Gasteiger charge is 2.10. The monoisotopic (exact) mass is 709 g/mol. The van der Waals surface area contributed by atoms with Crippen LogP contribution in [-0.2, 0) is 27.5 Å². The summed E-state index contributed by atoms with van der Waals surface area (Å²) in [5, 5.41) is 42.4. The molecule has 4 rings (SSSR count). The SMILES string of the molecule is O=C(O)C=C(c1ccccc1)c1ccccc1.OCc1cc([C@@H](O)CNCCCCCCOCCOCc2c(Cl)cccc2Cl)ccc1O. The van der Waals surface area contributed by atoms with Crippen LogP contribution in [0.3, 0.4) is 0 Å². The van der Waals surface area contributed by atoms with Crippen molar-refractivity contribution in [2.45, 2.75) is 45.0 Å². The molecule has 0 bridgehead atoms. The molecule has 0 aromatic heterocycles. The first-order valence-electron chi connectivity index (χ1n) is 16.3. The van der Waals surface area contributed by atoms with E-state index in [1.165, 1.54) is 12.1 Å². The van der Waals surface area contributed by atoms with Gasteiger partial charge in [-0.25, -0.2) is 4.79 Å². The number of carboxylic acid groups (broad SMARTS) is 1. The maximum absolute atomic E-state index is 10.9. The highest BCUT2D eigenvalue weighted by atomic mass is 35.5. The Labute approximate surface area is 298 Å². The number of nitrogens with one attached hydrogen (secondary N) is 1. The summed E-state index contributed by atoms with van der Waals surface area (Å²) in [4.78, 5) is 10.9. The summed E-state index contributed by atoms with van der Waals surface area (Å²) in [5.74, 6) is -0.900. The molecule has 262 valence electrons.